The Bertz CT molecular complexity index is 834. The molecule has 0 N–H and O–H groups in total. The van der Waals surface area contributed by atoms with E-state index in [0.717, 1.165) is 41.1 Å². The van der Waals surface area contributed by atoms with Crippen molar-refractivity contribution in [1.82, 2.24) is 4.98 Å². The number of rotatable bonds is 4. The van der Waals surface area contributed by atoms with E-state index in [-0.39, 0.29) is 12.0 Å². The molecule has 25 heavy (non-hydrogen) atoms. The van der Waals surface area contributed by atoms with Crippen LogP contribution in [0.4, 0.5) is 5.13 Å². The highest BCUT2D eigenvalue weighted by molar-refractivity contribution is 7.22. The van der Waals surface area contributed by atoms with E-state index in [1.807, 2.05) is 38.1 Å². The minimum Gasteiger partial charge on any atom is -0.376 e. The molecule has 1 aromatic heterocycles. The highest BCUT2D eigenvalue weighted by Gasteiger charge is 2.37. The number of aromatic nitrogens is 1. The predicted octanol–water partition coefficient (Wildman–Crippen LogP) is 3.27. The van der Waals surface area contributed by atoms with E-state index in [1.165, 1.54) is 16.3 Å². The van der Waals surface area contributed by atoms with Gasteiger partial charge in [0.2, 0.25) is 5.13 Å². The van der Waals surface area contributed by atoms with Crippen LogP contribution >= 0.6 is 11.3 Å². The van der Waals surface area contributed by atoms with Gasteiger partial charge in [-0.05, 0) is 38.8 Å². The lowest BCUT2D eigenvalue weighted by Gasteiger charge is -2.12. The second kappa shape index (κ2) is 6.65. The largest absolute Gasteiger partial charge is 0.376 e. The van der Waals surface area contributed by atoms with Crippen LogP contribution in [0.25, 0.3) is 10.2 Å². The topological polar surface area (TPSA) is 67.2 Å². The molecule has 1 aromatic carbocycles. The fourth-order valence-corrected chi connectivity index (χ4v) is 4.18. The molecule has 0 radical (unpaired) electrons. The van der Waals surface area contributed by atoms with Crippen molar-refractivity contribution >= 4 is 44.0 Å². The van der Waals surface area contributed by atoms with Gasteiger partial charge in [-0.15, -0.1) is 0 Å². The molecule has 2 aromatic rings. The number of hydrogen-bond donors (Lipinski definition) is 0. The van der Waals surface area contributed by atoms with E-state index in [4.69, 9.17) is 4.74 Å². The predicted molar refractivity (Wildman–Crippen MR) is 101 cm³/mol. The summed E-state index contributed by atoms with van der Waals surface area (Å²) in [5.74, 6) is -0.474. The molecule has 2 aliphatic rings. The van der Waals surface area contributed by atoms with Crippen LogP contribution < -0.4 is 5.01 Å². The normalized spacial score (nSPS) is 24.4. The molecule has 2 atom stereocenters. The first kappa shape index (κ1) is 16.4. The molecule has 1 fully saturated rings. The van der Waals surface area contributed by atoms with E-state index in [1.54, 1.807) is 0 Å². The van der Waals surface area contributed by atoms with Gasteiger partial charge in [-0.3, -0.25) is 9.79 Å². The van der Waals surface area contributed by atoms with Crippen LogP contribution in [0.5, 0.6) is 0 Å². The summed E-state index contributed by atoms with van der Waals surface area (Å²) in [7, 11) is 0. The zero-order valence-electron chi connectivity index (χ0n) is 14.3. The third-order valence-electron chi connectivity index (χ3n) is 4.58. The van der Waals surface area contributed by atoms with Crippen molar-refractivity contribution in [2.45, 2.75) is 32.8 Å². The van der Waals surface area contributed by atoms with Gasteiger partial charge in [-0.1, -0.05) is 23.5 Å². The fraction of sp³-hybridized carbons (Fsp3) is 0.444. The van der Waals surface area contributed by atoms with Gasteiger partial charge in [0.05, 0.1) is 28.6 Å². The van der Waals surface area contributed by atoms with E-state index >= 15 is 0 Å². The lowest BCUT2D eigenvalue weighted by atomic mass is 9.99. The van der Waals surface area contributed by atoms with Gasteiger partial charge in [0.1, 0.15) is 5.92 Å². The van der Waals surface area contributed by atoms with Crippen molar-refractivity contribution in [3.8, 4) is 0 Å². The van der Waals surface area contributed by atoms with Crippen LogP contribution in [0.15, 0.2) is 34.4 Å². The average molecular weight is 356 g/mol. The van der Waals surface area contributed by atoms with Crippen LogP contribution in [0.3, 0.4) is 0 Å². The quantitative estimate of drug-likeness (QED) is 0.790. The summed E-state index contributed by atoms with van der Waals surface area (Å²) in [4.78, 5) is 22.0. The zero-order valence-corrected chi connectivity index (χ0v) is 15.1. The van der Waals surface area contributed by atoms with Gasteiger partial charge >= 0.3 is 0 Å². The molecule has 6 nitrogen and oxygen atoms in total. The molecule has 7 heteroatoms. The number of thiazole rings is 1. The van der Waals surface area contributed by atoms with Crippen LogP contribution in [-0.2, 0) is 9.53 Å². The van der Waals surface area contributed by atoms with E-state index in [9.17, 15) is 4.79 Å². The monoisotopic (exact) mass is 356 g/mol. The number of benzene rings is 1. The summed E-state index contributed by atoms with van der Waals surface area (Å²) in [6, 6.07) is 7.85. The molecule has 1 saturated heterocycles. The lowest BCUT2D eigenvalue weighted by molar-refractivity contribution is -0.118. The third kappa shape index (κ3) is 3.09. The number of fused-ring (bicyclic) bond motifs is 1. The van der Waals surface area contributed by atoms with Gasteiger partial charge in [0, 0.05) is 12.3 Å². The van der Waals surface area contributed by atoms with Gasteiger partial charge in [0.15, 0.2) is 0 Å². The van der Waals surface area contributed by atoms with E-state index in [2.05, 4.69) is 15.1 Å². The Morgan fingerprint density at radius 3 is 3.04 bits per heavy atom. The average Bonchev–Trinajstić information content (AvgIpc) is 3.31. The summed E-state index contributed by atoms with van der Waals surface area (Å²) in [6.45, 7) is 5.21. The second-order valence-corrected chi connectivity index (χ2v) is 7.41. The second-order valence-electron chi connectivity index (χ2n) is 6.41. The van der Waals surface area contributed by atoms with Gasteiger partial charge in [-0.2, -0.15) is 10.1 Å². The molecule has 4 rings (SSSR count). The SMILES string of the molecule is CC(=NC[C@@H]1CCCO1)[C@H]1C(=O)N(c2nc3ccccc3s2)N=C1C. The minimum absolute atomic E-state index is 0.0786. The molecule has 0 unspecified atom stereocenters. The molecule has 3 heterocycles. The maximum Gasteiger partial charge on any atom is 0.264 e. The first-order chi connectivity index (χ1) is 12.1. The number of carbonyl (C=O) groups is 1. The summed E-state index contributed by atoms with van der Waals surface area (Å²) < 4.78 is 6.65. The number of nitrogens with zero attached hydrogens (tertiary/aromatic N) is 4. The smallest absolute Gasteiger partial charge is 0.264 e. The summed E-state index contributed by atoms with van der Waals surface area (Å²) >= 11 is 1.47. The number of amides is 1. The van der Waals surface area contributed by atoms with Crippen molar-refractivity contribution in [2.75, 3.05) is 18.2 Å². The van der Waals surface area contributed by atoms with Gasteiger partial charge in [0.25, 0.3) is 5.91 Å². The van der Waals surface area contributed by atoms with Crippen molar-refractivity contribution in [3.63, 3.8) is 0 Å². The minimum atomic E-state index is -0.395. The first-order valence-corrected chi connectivity index (χ1v) is 9.32. The fourth-order valence-electron chi connectivity index (χ4n) is 3.26. The highest BCUT2D eigenvalue weighted by atomic mass is 32.1. The molecule has 0 saturated carbocycles. The number of hydrazone groups is 1. The number of ether oxygens (including phenoxy) is 1. The van der Waals surface area contributed by atoms with E-state index < -0.39 is 5.92 Å². The Morgan fingerprint density at radius 2 is 2.28 bits per heavy atom. The number of aliphatic imine (C=N–C) groups is 1. The first-order valence-electron chi connectivity index (χ1n) is 8.50. The molecular formula is C18H20N4O2S. The molecule has 0 bridgehead atoms. The van der Waals surface area contributed by atoms with Gasteiger partial charge < -0.3 is 4.74 Å². The third-order valence-corrected chi connectivity index (χ3v) is 5.59. The van der Waals surface area contributed by atoms with Crippen molar-refractivity contribution in [1.29, 1.82) is 0 Å². The van der Waals surface area contributed by atoms with Gasteiger partial charge in [-0.25, -0.2) is 4.98 Å². The number of carbonyl (C=O) groups excluding carboxylic acids is 1. The Labute approximate surface area is 150 Å². The van der Waals surface area contributed by atoms with Crippen LogP contribution in [0.2, 0.25) is 0 Å². The van der Waals surface area contributed by atoms with Crippen LogP contribution in [0, 0.1) is 5.92 Å². The Kier molecular flexibility index (Phi) is 4.35. The van der Waals surface area contributed by atoms with E-state index in [0.29, 0.717) is 11.7 Å². The maximum absolute atomic E-state index is 12.9. The van der Waals surface area contributed by atoms with Crippen molar-refractivity contribution in [3.05, 3.63) is 24.3 Å². The number of para-hydroxylation sites is 1. The summed E-state index contributed by atoms with van der Waals surface area (Å²) in [6.07, 6.45) is 2.32. The number of hydrogen-bond acceptors (Lipinski definition) is 6. The standard InChI is InChI=1S/C18H20N4O2S/c1-11(19-10-13-6-5-9-24-13)16-12(2)21-22(17(16)23)18-20-14-7-3-4-8-15(14)25-18/h3-4,7-8,13,16H,5-6,9-10H2,1-2H3/t13-,16+/m0/s1. The van der Waals surface area contributed by atoms with Crippen molar-refractivity contribution < 1.29 is 9.53 Å². The Morgan fingerprint density at radius 1 is 1.44 bits per heavy atom. The summed E-state index contributed by atoms with van der Waals surface area (Å²) in [5, 5.41) is 6.49. The van der Waals surface area contributed by atoms with Crippen LogP contribution in [-0.4, -0.2) is 41.6 Å². The molecule has 1 amide bonds. The number of anilines is 1. The Hall–Kier alpha value is -2.12. The highest BCUT2D eigenvalue weighted by Crippen LogP contribution is 2.32. The molecule has 130 valence electrons. The summed E-state index contributed by atoms with van der Waals surface area (Å²) in [5.41, 5.74) is 2.44. The molecular weight excluding hydrogens is 336 g/mol. The molecule has 2 aliphatic heterocycles. The molecule has 0 aliphatic carbocycles. The lowest BCUT2D eigenvalue weighted by Crippen LogP contribution is -2.32. The molecule has 0 spiro atoms. The Balaban J connectivity index is 1.54. The maximum atomic E-state index is 12.9. The zero-order chi connectivity index (χ0) is 17.4. The van der Waals surface area contributed by atoms with Crippen LogP contribution in [0.1, 0.15) is 26.7 Å². The van der Waals surface area contributed by atoms with Crippen molar-refractivity contribution in [2.24, 2.45) is 16.0 Å².